The summed E-state index contributed by atoms with van der Waals surface area (Å²) in [5.41, 5.74) is 0.109. The average Bonchev–Trinajstić information content (AvgIpc) is 3.21. The third kappa shape index (κ3) is 5.56. The van der Waals surface area contributed by atoms with Crippen LogP contribution < -0.4 is 4.74 Å². The van der Waals surface area contributed by atoms with Crippen molar-refractivity contribution in [2.45, 2.75) is 20.0 Å². The SMILES string of the molecule is Cc1ccc(-n2c(O)c(N=Nc3cc(F)cc(-c4ccc(F)c(OC(=O)O)c4)c3O)c3ccc(C(F)(F)F)cc32)cc1C. The number of carboxylic acid groups (broad SMARTS) is 1. The molecule has 0 saturated heterocycles. The van der Waals surface area contributed by atoms with E-state index >= 15 is 0 Å². The van der Waals surface area contributed by atoms with Crippen molar-refractivity contribution in [1.29, 1.82) is 0 Å². The maximum Gasteiger partial charge on any atom is 0.511 e. The van der Waals surface area contributed by atoms with Gasteiger partial charge in [0.15, 0.2) is 23.0 Å². The Morgan fingerprint density at radius 2 is 1.63 bits per heavy atom. The van der Waals surface area contributed by atoms with Crippen molar-refractivity contribution in [2.24, 2.45) is 10.2 Å². The summed E-state index contributed by atoms with van der Waals surface area (Å²) in [7, 11) is 0. The fourth-order valence-electron chi connectivity index (χ4n) is 4.49. The van der Waals surface area contributed by atoms with Crippen molar-refractivity contribution >= 4 is 28.4 Å². The highest BCUT2D eigenvalue weighted by molar-refractivity contribution is 5.97. The Bertz CT molecular complexity index is 1950. The van der Waals surface area contributed by atoms with E-state index in [2.05, 4.69) is 15.0 Å². The monoisotopic (exact) mass is 597 g/mol. The van der Waals surface area contributed by atoms with Gasteiger partial charge in [-0.3, -0.25) is 4.57 Å². The van der Waals surface area contributed by atoms with Gasteiger partial charge in [-0.25, -0.2) is 13.6 Å². The normalized spacial score (nSPS) is 11.9. The molecular weight excluding hydrogens is 577 g/mol. The molecule has 0 unspecified atom stereocenters. The number of nitrogens with zero attached hydrogens (tertiary/aromatic N) is 3. The van der Waals surface area contributed by atoms with Gasteiger partial charge in [-0.05, 0) is 79.1 Å². The fraction of sp³-hybridized carbons (Fsp3) is 0.100. The first kappa shape index (κ1) is 29.0. The van der Waals surface area contributed by atoms with Crippen LogP contribution in [0, 0.1) is 25.5 Å². The molecular formula is C30H20F5N3O5. The number of phenolic OH excluding ortho intramolecular Hbond substituents is 1. The first-order valence-electron chi connectivity index (χ1n) is 12.4. The summed E-state index contributed by atoms with van der Waals surface area (Å²) in [6, 6.07) is 12.4. The standard InChI is InChI=1S/C30H20F5N3O5/c1-14-3-6-19(9-15(14)2)38-24-11-17(30(33,34)35)5-7-20(24)26(28(38)40)37-36-23-13-18(31)12-21(27(23)39)16-4-8-22(32)25(10-16)43-29(41)42/h3-13,39-40H,1-2H3,(H,41,42). The second-order valence-electron chi connectivity index (χ2n) is 9.54. The zero-order valence-corrected chi connectivity index (χ0v) is 22.2. The Kier molecular flexibility index (Phi) is 7.26. The molecule has 43 heavy (non-hydrogen) atoms. The quantitative estimate of drug-likeness (QED) is 0.0809. The molecule has 3 N–H and O–H groups in total. The van der Waals surface area contributed by atoms with Crippen LogP contribution in [0.5, 0.6) is 17.4 Å². The molecule has 1 aromatic heterocycles. The van der Waals surface area contributed by atoms with E-state index in [-0.39, 0.29) is 27.7 Å². The number of aromatic nitrogens is 1. The van der Waals surface area contributed by atoms with Crippen LogP contribution in [0.1, 0.15) is 16.7 Å². The van der Waals surface area contributed by atoms with E-state index in [0.717, 1.165) is 59.7 Å². The van der Waals surface area contributed by atoms with Crippen molar-refractivity contribution in [3.63, 3.8) is 0 Å². The maximum atomic E-state index is 14.6. The molecule has 0 saturated carbocycles. The lowest BCUT2D eigenvalue weighted by atomic mass is 10.0. The minimum absolute atomic E-state index is 0.0278. The number of alkyl halides is 3. The molecule has 1 heterocycles. The van der Waals surface area contributed by atoms with Crippen LogP contribution in [-0.4, -0.2) is 26.0 Å². The molecule has 5 rings (SSSR count). The third-order valence-corrected chi connectivity index (χ3v) is 6.75. The fourth-order valence-corrected chi connectivity index (χ4v) is 4.49. The lowest BCUT2D eigenvalue weighted by Gasteiger charge is -2.11. The highest BCUT2D eigenvalue weighted by atomic mass is 19.4. The van der Waals surface area contributed by atoms with Crippen LogP contribution in [0.15, 0.2) is 77.0 Å². The summed E-state index contributed by atoms with van der Waals surface area (Å²) in [5.74, 6) is -3.84. The van der Waals surface area contributed by atoms with Crippen LogP contribution >= 0.6 is 0 Å². The molecule has 0 amide bonds. The molecule has 0 aliphatic heterocycles. The van der Waals surface area contributed by atoms with Gasteiger partial charge < -0.3 is 20.1 Å². The first-order chi connectivity index (χ1) is 20.2. The predicted molar refractivity (Wildman–Crippen MR) is 146 cm³/mol. The minimum atomic E-state index is -4.68. The summed E-state index contributed by atoms with van der Waals surface area (Å²) in [6.07, 6.45) is -6.47. The van der Waals surface area contributed by atoms with Gasteiger partial charge in [0.25, 0.3) is 0 Å². The lowest BCUT2D eigenvalue weighted by Crippen LogP contribution is -2.05. The average molecular weight is 597 g/mol. The van der Waals surface area contributed by atoms with Crippen molar-refractivity contribution in [2.75, 3.05) is 0 Å². The largest absolute Gasteiger partial charge is 0.511 e. The van der Waals surface area contributed by atoms with Gasteiger partial charge in [-0.2, -0.15) is 13.2 Å². The van der Waals surface area contributed by atoms with Gasteiger partial charge in [-0.15, -0.1) is 10.2 Å². The Morgan fingerprint density at radius 1 is 0.884 bits per heavy atom. The minimum Gasteiger partial charge on any atom is -0.505 e. The van der Waals surface area contributed by atoms with Crippen molar-refractivity contribution < 1.29 is 46.8 Å². The second kappa shape index (κ2) is 10.7. The number of aryl methyl sites for hydroxylation is 2. The smallest absolute Gasteiger partial charge is 0.505 e. The number of hydrogen-bond donors (Lipinski definition) is 3. The molecule has 0 bridgehead atoms. The number of aromatic hydroxyl groups is 2. The lowest BCUT2D eigenvalue weighted by molar-refractivity contribution is -0.137. The molecule has 8 nitrogen and oxygen atoms in total. The number of ether oxygens (including phenoxy) is 1. The number of hydrogen-bond acceptors (Lipinski definition) is 6. The molecule has 5 aromatic rings. The van der Waals surface area contributed by atoms with Gasteiger partial charge >= 0.3 is 12.3 Å². The van der Waals surface area contributed by atoms with Gasteiger partial charge in [-0.1, -0.05) is 12.1 Å². The third-order valence-electron chi connectivity index (χ3n) is 6.75. The van der Waals surface area contributed by atoms with E-state index in [1.807, 2.05) is 6.92 Å². The van der Waals surface area contributed by atoms with E-state index in [4.69, 9.17) is 5.11 Å². The Hall–Kier alpha value is -5.46. The number of fused-ring (bicyclic) bond motifs is 1. The number of phenols is 1. The van der Waals surface area contributed by atoms with E-state index < -0.39 is 52.6 Å². The van der Waals surface area contributed by atoms with Crippen LogP contribution in [0.4, 0.5) is 38.1 Å². The first-order valence-corrected chi connectivity index (χ1v) is 12.4. The highest BCUT2D eigenvalue weighted by Crippen LogP contribution is 2.45. The number of halogens is 5. The predicted octanol–water partition coefficient (Wildman–Crippen LogP) is 9.09. The topological polar surface area (TPSA) is 117 Å². The summed E-state index contributed by atoms with van der Waals surface area (Å²) >= 11 is 0. The second-order valence-corrected chi connectivity index (χ2v) is 9.54. The maximum absolute atomic E-state index is 14.6. The molecule has 0 atom stereocenters. The van der Waals surface area contributed by atoms with E-state index in [9.17, 15) is 37.0 Å². The summed E-state index contributed by atoms with van der Waals surface area (Å²) < 4.78 is 74.9. The molecule has 4 aromatic carbocycles. The van der Waals surface area contributed by atoms with E-state index in [1.54, 1.807) is 25.1 Å². The zero-order valence-electron chi connectivity index (χ0n) is 22.2. The summed E-state index contributed by atoms with van der Waals surface area (Å²) in [6.45, 7) is 3.64. The molecule has 220 valence electrons. The number of rotatable bonds is 5. The zero-order chi connectivity index (χ0) is 31.2. The van der Waals surface area contributed by atoms with E-state index in [0.29, 0.717) is 5.69 Å². The van der Waals surface area contributed by atoms with Crippen LogP contribution in [0.25, 0.3) is 27.7 Å². The molecule has 0 spiro atoms. The molecule has 0 fully saturated rings. The Balaban J connectivity index is 1.66. The summed E-state index contributed by atoms with van der Waals surface area (Å²) in [5, 5.41) is 38.8. The number of carbonyl (C=O) groups is 1. The molecule has 13 heteroatoms. The van der Waals surface area contributed by atoms with Crippen molar-refractivity contribution in [3.8, 4) is 34.2 Å². The van der Waals surface area contributed by atoms with Gasteiger partial charge in [0, 0.05) is 22.7 Å². The van der Waals surface area contributed by atoms with Crippen molar-refractivity contribution in [1.82, 2.24) is 4.57 Å². The Labute approximate surface area is 239 Å². The number of azo groups is 1. The van der Waals surface area contributed by atoms with Crippen molar-refractivity contribution in [3.05, 3.63) is 95.1 Å². The summed E-state index contributed by atoms with van der Waals surface area (Å²) in [4.78, 5) is 10.9. The van der Waals surface area contributed by atoms with Gasteiger partial charge in [0.1, 0.15) is 11.5 Å². The van der Waals surface area contributed by atoms with Crippen LogP contribution in [-0.2, 0) is 6.18 Å². The Morgan fingerprint density at radius 3 is 2.30 bits per heavy atom. The van der Waals surface area contributed by atoms with E-state index in [1.165, 1.54) is 4.57 Å². The molecule has 0 aliphatic rings. The molecule has 0 radical (unpaired) electrons. The van der Waals surface area contributed by atoms with Gasteiger partial charge in [0.05, 0.1) is 11.1 Å². The number of benzene rings is 4. The van der Waals surface area contributed by atoms with Gasteiger partial charge in [0.2, 0.25) is 5.88 Å². The van der Waals surface area contributed by atoms with Crippen LogP contribution in [0.3, 0.4) is 0 Å². The highest BCUT2D eigenvalue weighted by Gasteiger charge is 2.32. The molecule has 0 aliphatic carbocycles. The van der Waals surface area contributed by atoms with Crippen LogP contribution in [0.2, 0.25) is 0 Å².